The average Bonchev–Trinajstić information content (AvgIpc) is 2.43. The summed E-state index contributed by atoms with van der Waals surface area (Å²) in [6.45, 7) is 4.91. The summed E-state index contributed by atoms with van der Waals surface area (Å²) in [6, 6.07) is 2.13. The van der Waals surface area contributed by atoms with Crippen LogP contribution in [0.4, 0.5) is 5.82 Å². The van der Waals surface area contributed by atoms with Crippen molar-refractivity contribution in [1.82, 2.24) is 14.9 Å². The van der Waals surface area contributed by atoms with Crippen LogP contribution in [0.15, 0.2) is 11.2 Å². The number of amides is 1. The van der Waals surface area contributed by atoms with Crippen molar-refractivity contribution in [3.63, 3.8) is 0 Å². The molecule has 2 heterocycles. The zero-order chi connectivity index (χ0) is 14.5. The molecule has 1 saturated heterocycles. The predicted octanol–water partition coefficient (Wildman–Crippen LogP) is 2.25. The topological polar surface area (TPSA) is 72.1 Å². The van der Waals surface area contributed by atoms with E-state index in [1.165, 1.54) is 18.2 Å². The van der Waals surface area contributed by atoms with Crippen molar-refractivity contribution in [3.8, 4) is 0 Å². The van der Waals surface area contributed by atoms with Gasteiger partial charge >= 0.3 is 0 Å². The van der Waals surface area contributed by atoms with E-state index in [2.05, 4.69) is 16.9 Å². The average molecular weight is 294 g/mol. The molecule has 1 aromatic rings. The Balaban J connectivity index is 1.94. The quantitative estimate of drug-likeness (QED) is 0.681. The standard InChI is InChI=1S/C14H22N4OS/c1-3-11-6-4-5-7-18(11)13(19)9-20-14-16-10(2)8-12(15)17-14/h8,11H,3-7,9H2,1-2H3,(H2,15,16,17)/t11-/m1/s1. The Bertz CT molecular complexity index is 460. The van der Waals surface area contributed by atoms with E-state index >= 15 is 0 Å². The van der Waals surface area contributed by atoms with Crippen molar-refractivity contribution in [2.24, 2.45) is 0 Å². The van der Waals surface area contributed by atoms with Crippen molar-refractivity contribution in [1.29, 1.82) is 0 Å². The third-order valence-electron chi connectivity index (χ3n) is 3.60. The Labute approximate surface area is 124 Å². The van der Waals surface area contributed by atoms with E-state index in [4.69, 9.17) is 5.73 Å². The number of thioether (sulfide) groups is 1. The van der Waals surface area contributed by atoms with Crippen molar-refractivity contribution >= 4 is 23.5 Å². The maximum atomic E-state index is 12.3. The van der Waals surface area contributed by atoms with E-state index in [1.54, 1.807) is 6.07 Å². The predicted molar refractivity (Wildman–Crippen MR) is 81.5 cm³/mol. The minimum atomic E-state index is 0.185. The van der Waals surface area contributed by atoms with Gasteiger partial charge in [-0.25, -0.2) is 9.97 Å². The van der Waals surface area contributed by atoms with E-state index in [0.29, 0.717) is 22.8 Å². The molecule has 0 aliphatic carbocycles. The van der Waals surface area contributed by atoms with Gasteiger partial charge in [-0.3, -0.25) is 4.79 Å². The lowest BCUT2D eigenvalue weighted by Gasteiger charge is -2.35. The van der Waals surface area contributed by atoms with Crippen LogP contribution in [0.25, 0.3) is 0 Å². The van der Waals surface area contributed by atoms with Crippen LogP contribution in [0.5, 0.6) is 0 Å². The molecule has 0 aromatic carbocycles. The molecule has 20 heavy (non-hydrogen) atoms. The molecule has 0 bridgehead atoms. The molecule has 1 aromatic heterocycles. The van der Waals surface area contributed by atoms with Crippen LogP contribution in [0.3, 0.4) is 0 Å². The number of likely N-dealkylation sites (tertiary alicyclic amines) is 1. The summed E-state index contributed by atoms with van der Waals surface area (Å²) in [5, 5.41) is 0.584. The normalized spacial score (nSPS) is 19.1. The number of nitrogens with two attached hydrogens (primary N) is 1. The Morgan fingerprint density at radius 3 is 3.00 bits per heavy atom. The first-order valence-corrected chi connectivity index (χ1v) is 8.12. The number of nitrogens with zero attached hydrogens (tertiary/aromatic N) is 3. The zero-order valence-electron chi connectivity index (χ0n) is 12.1. The lowest BCUT2D eigenvalue weighted by Crippen LogP contribution is -2.44. The third-order valence-corrected chi connectivity index (χ3v) is 4.43. The molecule has 5 nitrogen and oxygen atoms in total. The monoisotopic (exact) mass is 294 g/mol. The first kappa shape index (κ1) is 15.1. The summed E-state index contributed by atoms with van der Waals surface area (Å²) in [6.07, 6.45) is 4.50. The molecule has 0 spiro atoms. The van der Waals surface area contributed by atoms with Crippen molar-refractivity contribution < 1.29 is 4.79 Å². The number of piperidine rings is 1. The molecular weight excluding hydrogens is 272 g/mol. The molecule has 1 aliphatic heterocycles. The number of nitrogen functional groups attached to an aromatic ring is 1. The van der Waals surface area contributed by atoms with Gasteiger partial charge < -0.3 is 10.6 Å². The van der Waals surface area contributed by atoms with Crippen LogP contribution >= 0.6 is 11.8 Å². The number of anilines is 1. The van der Waals surface area contributed by atoms with E-state index in [-0.39, 0.29) is 5.91 Å². The van der Waals surface area contributed by atoms with Gasteiger partial charge in [0.2, 0.25) is 5.91 Å². The Morgan fingerprint density at radius 1 is 1.50 bits per heavy atom. The minimum absolute atomic E-state index is 0.185. The lowest BCUT2D eigenvalue weighted by atomic mass is 10.0. The molecule has 1 amide bonds. The van der Waals surface area contributed by atoms with Gasteiger partial charge in [0.1, 0.15) is 5.82 Å². The van der Waals surface area contributed by atoms with Crippen LogP contribution in [0, 0.1) is 6.92 Å². The number of carbonyl (C=O) groups excluding carboxylic acids is 1. The second kappa shape index (κ2) is 6.92. The summed E-state index contributed by atoms with van der Waals surface area (Å²) in [5.74, 6) is 1.03. The van der Waals surface area contributed by atoms with Gasteiger partial charge in [0.15, 0.2) is 5.16 Å². The SMILES string of the molecule is CC[C@@H]1CCCCN1C(=O)CSc1nc(C)cc(N)n1. The summed E-state index contributed by atoms with van der Waals surface area (Å²) < 4.78 is 0. The molecule has 110 valence electrons. The zero-order valence-corrected chi connectivity index (χ0v) is 12.9. The molecule has 0 unspecified atom stereocenters. The Morgan fingerprint density at radius 2 is 2.30 bits per heavy atom. The highest BCUT2D eigenvalue weighted by molar-refractivity contribution is 7.99. The number of carbonyl (C=O) groups is 1. The third kappa shape index (κ3) is 3.85. The largest absolute Gasteiger partial charge is 0.384 e. The summed E-state index contributed by atoms with van der Waals surface area (Å²) >= 11 is 1.37. The van der Waals surface area contributed by atoms with Crippen LogP contribution in [-0.4, -0.2) is 39.1 Å². The smallest absolute Gasteiger partial charge is 0.233 e. The Hall–Kier alpha value is -1.30. The fourth-order valence-electron chi connectivity index (χ4n) is 2.59. The van der Waals surface area contributed by atoms with Gasteiger partial charge in [0, 0.05) is 24.3 Å². The van der Waals surface area contributed by atoms with Crippen LogP contribution in [0.2, 0.25) is 0 Å². The molecule has 6 heteroatoms. The van der Waals surface area contributed by atoms with Gasteiger partial charge in [-0.15, -0.1) is 0 Å². The number of aryl methyl sites for hydroxylation is 1. The number of hydrogen-bond donors (Lipinski definition) is 1. The molecule has 1 aliphatic rings. The highest BCUT2D eigenvalue weighted by Gasteiger charge is 2.25. The van der Waals surface area contributed by atoms with Crippen LogP contribution in [0.1, 0.15) is 38.3 Å². The molecule has 0 radical (unpaired) electrons. The second-order valence-corrected chi connectivity index (χ2v) is 6.09. The van der Waals surface area contributed by atoms with E-state index in [1.807, 2.05) is 11.8 Å². The van der Waals surface area contributed by atoms with Crippen LogP contribution in [-0.2, 0) is 4.79 Å². The fraction of sp³-hybridized carbons (Fsp3) is 0.643. The van der Waals surface area contributed by atoms with Crippen molar-refractivity contribution in [2.75, 3.05) is 18.0 Å². The summed E-state index contributed by atoms with van der Waals surface area (Å²) in [5.41, 5.74) is 6.52. The van der Waals surface area contributed by atoms with Crippen molar-refractivity contribution in [3.05, 3.63) is 11.8 Å². The van der Waals surface area contributed by atoms with E-state index in [9.17, 15) is 4.79 Å². The highest BCUT2D eigenvalue weighted by Crippen LogP contribution is 2.22. The minimum Gasteiger partial charge on any atom is -0.384 e. The molecule has 2 rings (SSSR count). The maximum Gasteiger partial charge on any atom is 0.233 e. The molecule has 1 fully saturated rings. The highest BCUT2D eigenvalue weighted by atomic mass is 32.2. The van der Waals surface area contributed by atoms with Crippen LogP contribution < -0.4 is 5.73 Å². The lowest BCUT2D eigenvalue weighted by molar-refractivity contribution is -0.132. The van der Waals surface area contributed by atoms with Gasteiger partial charge in [0.25, 0.3) is 0 Å². The number of aromatic nitrogens is 2. The molecule has 2 N–H and O–H groups in total. The van der Waals surface area contributed by atoms with Gasteiger partial charge in [-0.05, 0) is 32.6 Å². The maximum absolute atomic E-state index is 12.3. The van der Waals surface area contributed by atoms with Gasteiger partial charge in [-0.2, -0.15) is 0 Å². The fourth-order valence-corrected chi connectivity index (χ4v) is 3.39. The van der Waals surface area contributed by atoms with Gasteiger partial charge in [-0.1, -0.05) is 18.7 Å². The second-order valence-electron chi connectivity index (χ2n) is 5.15. The molecular formula is C14H22N4OS. The molecule has 1 atom stereocenters. The molecule has 0 saturated carbocycles. The summed E-state index contributed by atoms with van der Waals surface area (Å²) in [4.78, 5) is 22.8. The van der Waals surface area contributed by atoms with Gasteiger partial charge in [0.05, 0.1) is 5.75 Å². The Kier molecular flexibility index (Phi) is 5.23. The first-order chi connectivity index (χ1) is 9.60. The number of rotatable bonds is 4. The van der Waals surface area contributed by atoms with Crippen molar-refractivity contribution in [2.45, 2.75) is 50.7 Å². The summed E-state index contributed by atoms with van der Waals surface area (Å²) in [7, 11) is 0. The van der Waals surface area contributed by atoms with E-state index in [0.717, 1.165) is 31.5 Å². The first-order valence-electron chi connectivity index (χ1n) is 7.13. The number of hydrogen-bond acceptors (Lipinski definition) is 5. The van der Waals surface area contributed by atoms with E-state index < -0.39 is 0 Å².